The molecule has 0 aliphatic heterocycles. The van der Waals surface area contributed by atoms with Crippen LogP contribution in [0.1, 0.15) is 44.9 Å². The molecule has 3 nitrogen and oxygen atoms in total. The maximum atomic E-state index is 12.0. The van der Waals surface area contributed by atoms with E-state index in [1.807, 2.05) is 6.07 Å². The molecule has 0 bridgehead atoms. The standard InChI is InChI=1S/C12H20N2OS/c1-8(2)6-14-12(15)10(7-16)5-11(13-14)9(3)4/h5,8-9,16H,6-7H2,1-4H3. The van der Waals surface area contributed by atoms with Crippen LogP contribution in [0.5, 0.6) is 0 Å². The largest absolute Gasteiger partial charge is 0.270 e. The lowest BCUT2D eigenvalue weighted by molar-refractivity contribution is 0.453. The van der Waals surface area contributed by atoms with E-state index in [-0.39, 0.29) is 5.56 Å². The molecule has 0 amide bonds. The van der Waals surface area contributed by atoms with E-state index in [9.17, 15) is 4.79 Å². The summed E-state index contributed by atoms with van der Waals surface area (Å²) in [7, 11) is 0. The lowest BCUT2D eigenvalue weighted by atomic mass is 10.1. The van der Waals surface area contributed by atoms with Crippen LogP contribution in [0.25, 0.3) is 0 Å². The number of hydrogen-bond donors (Lipinski definition) is 1. The van der Waals surface area contributed by atoms with Crippen molar-refractivity contribution in [2.24, 2.45) is 5.92 Å². The number of rotatable bonds is 4. The first-order chi connectivity index (χ1) is 7.45. The van der Waals surface area contributed by atoms with Crippen molar-refractivity contribution in [2.45, 2.75) is 45.9 Å². The van der Waals surface area contributed by atoms with Gasteiger partial charge in [0.1, 0.15) is 0 Å². The van der Waals surface area contributed by atoms with Gasteiger partial charge in [0.15, 0.2) is 0 Å². The molecule has 1 aromatic rings. The average molecular weight is 240 g/mol. The number of nitrogens with zero attached hydrogens (tertiary/aromatic N) is 2. The van der Waals surface area contributed by atoms with Gasteiger partial charge in [-0.1, -0.05) is 27.7 Å². The van der Waals surface area contributed by atoms with Crippen LogP contribution in [-0.4, -0.2) is 9.78 Å². The van der Waals surface area contributed by atoms with Crippen LogP contribution < -0.4 is 5.56 Å². The van der Waals surface area contributed by atoms with Crippen LogP contribution in [-0.2, 0) is 12.3 Å². The first-order valence-electron chi connectivity index (χ1n) is 5.67. The molecule has 1 aromatic heterocycles. The zero-order valence-corrected chi connectivity index (χ0v) is 11.3. The summed E-state index contributed by atoms with van der Waals surface area (Å²) >= 11 is 4.19. The van der Waals surface area contributed by atoms with Crippen LogP contribution in [0.2, 0.25) is 0 Å². The maximum Gasteiger partial charge on any atom is 0.270 e. The smallest absolute Gasteiger partial charge is 0.267 e. The lowest BCUT2D eigenvalue weighted by Gasteiger charge is -2.13. The Morgan fingerprint density at radius 3 is 2.44 bits per heavy atom. The van der Waals surface area contributed by atoms with Gasteiger partial charge in [-0.25, -0.2) is 4.68 Å². The van der Waals surface area contributed by atoms with Crippen molar-refractivity contribution in [3.8, 4) is 0 Å². The van der Waals surface area contributed by atoms with Gasteiger partial charge in [0, 0.05) is 17.9 Å². The van der Waals surface area contributed by atoms with E-state index in [2.05, 4.69) is 45.4 Å². The summed E-state index contributed by atoms with van der Waals surface area (Å²) in [5.74, 6) is 1.22. The Bertz CT molecular complexity index is 410. The van der Waals surface area contributed by atoms with Gasteiger partial charge < -0.3 is 0 Å². The quantitative estimate of drug-likeness (QED) is 0.820. The first-order valence-corrected chi connectivity index (χ1v) is 6.30. The van der Waals surface area contributed by atoms with Gasteiger partial charge in [-0.05, 0) is 17.9 Å². The van der Waals surface area contributed by atoms with E-state index < -0.39 is 0 Å². The second-order valence-corrected chi connectivity index (χ2v) is 5.10. The lowest BCUT2D eigenvalue weighted by Crippen LogP contribution is -2.29. The predicted octanol–water partition coefficient (Wildman–Crippen LogP) is 2.45. The van der Waals surface area contributed by atoms with E-state index in [1.165, 1.54) is 0 Å². The van der Waals surface area contributed by atoms with Gasteiger partial charge >= 0.3 is 0 Å². The summed E-state index contributed by atoms with van der Waals surface area (Å²) in [6.07, 6.45) is 0. The fourth-order valence-electron chi connectivity index (χ4n) is 1.48. The number of thiol groups is 1. The van der Waals surface area contributed by atoms with Crippen LogP contribution >= 0.6 is 12.6 Å². The van der Waals surface area contributed by atoms with Crippen molar-refractivity contribution in [2.75, 3.05) is 0 Å². The average Bonchev–Trinajstić information content (AvgIpc) is 2.20. The predicted molar refractivity (Wildman–Crippen MR) is 70.1 cm³/mol. The van der Waals surface area contributed by atoms with Crippen LogP contribution in [0.3, 0.4) is 0 Å². The maximum absolute atomic E-state index is 12.0. The summed E-state index contributed by atoms with van der Waals surface area (Å²) in [5, 5.41) is 4.39. The Labute approximate surface area is 102 Å². The van der Waals surface area contributed by atoms with Gasteiger partial charge in [-0.15, -0.1) is 0 Å². The Morgan fingerprint density at radius 2 is 2.00 bits per heavy atom. The minimum absolute atomic E-state index is 0.00639. The van der Waals surface area contributed by atoms with Gasteiger partial charge in [0.05, 0.1) is 5.69 Å². The third kappa shape index (κ3) is 3.11. The van der Waals surface area contributed by atoms with Crippen LogP contribution in [0.15, 0.2) is 10.9 Å². The number of aromatic nitrogens is 2. The molecular formula is C12H20N2OS. The molecule has 1 rings (SSSR count). The molecule has 0 saturated carbocycles. The van der Waals surface area contributed by atoms with E-state index in [1.54, 1.807) is 4.68 Å². The van der Waals surface area contributed by atoms with Crippen LogP contribution in [0.4, 0.5) is 0 Å². The highest BCUT2D eigenvalue weighted by Gasteiger charge is 2.10. The molecule has 90 valence electrons. The van der Waals surface area contributed by atoms with Crippen molar-refractivity contribution < 1.29 is 0 Å². The molecular weight excluding hydrogens is 220 g/mol. The van der Waals surface area contributed by atoms with E-state index in [4.69, 9.17) is 0 Å². The van der Waals surface area contributed by atoms with E-state index in [0.29, 0.717) is 24.1 Å². The minimum Gasteiger partial charge on any atom is -0.267 e. The SMILES string of the molecule is CC(C)Cn1nc(C(C)C)cc(CS)c1=O. The minimum atomic E-state index is -0.00639. The third-order valence-electron chi connectivity index (χ3n) is 2.37. The van der Waals surface area contributed by atoms with E-state index >= 15 is 0 Å². The number of hydrogen-bond acceptors (Lipinski definition) is 3. The highest BCUT2D eigenvalue weighted by Crippen LogP contribution is 2.12. The summed E-state index contributed by atoms with van der Waals surface area (Å²) < 4.78 is 1.57. The molecule has 0 radical (unpaired) electrons. The van der Waals surface area contributed by atoms with E-state index in [0.717, 1.165) is 11.3 Å². The van der Waals surface area contributed by atoms with Crippen molar-refractivity contribution in [3.05, 3.63) is 27.7 Å². The molecule has 0 aliphatic carbocycles. The third-order valence-corrected chi connectivity index (χ3v) is 2.71. The fourth-order valence-corrected chi connectivity index (χ4v) is 1.71. The van der Waals surface area contributed by atoms with Gasteiger partial charge in [0.25, 0.3) is 5.56 Å². The van der Waals surface area contributed by atoms with Crippen molar-refractivity contribution in [1.82, 2.24) is 9.78 Å². The molecule has 4 heteroatoms. The molecule has 0 atom stereocenters. The highest BCUT2D eigenvalue weighted by atomic mass is 32.1. The monoisotopic (exact) mass is 240 g/mol. The Morgan fingerprint density at radius 1 is 1.38 bits per heavy atom. The zero-order chi connectivity index (χ0) is 12.3. The Kier molecular flexibility index (Phi) is 4.59. The molecule has 0 fully saturated rings. The molecule has 0 saturated heterocycles. The molecule has 0 spiro atoms. The Hall–Kier alpha value is -0.770. The summed E-state index contributed by atoms with van der Waals surface area (Å²) in [4.78, 5) is 12.0. The summed E-state index contributed by atoms with van der Waals surface area (Å²) in [6, 6.07) is 1.87. The van der Waals surface area contributed by atoms with Gasteiger partial charge in [0.2, 0.25) is 0 Å². The molecule has 0 aromatic carbocycles. The fraction of sp³-hybridized carbons (Fsp3) is 0.667. The van der Waals surface area contributed by atoms with Gasteiger partial charge in [-0.3, -0.25) is 4.79 Å². The molecule has 0 N–H and O–H groups in total. The summed E-state index contributed by atoms with van der Waals surface area (Å²) in [6.45, 7) is 8.98. The van der Waals surface area contributed by atoms with Crippen molar-refractivity contribution in [3.63, 3.8) is 0 Å². The second-order valence-electron chi connectivity index (χ2n) is 4.79. The topological polar surface area (TPSA) is 34.9 Å². The Balaban J connectivity index is 3.24. The molecule has 16 heavy (non-hydrogen) atoms. The van der Waals surface area contributed by atoms with Crippen molar-refractivity contribution in [1.29, 1.82) is 0 Å². The first kappa shape index (κ1) is 13.3. The second kappa shape index (κ2) is 5.53. The highest BCUT2D eigenvalue weighted by molar-refractivity contribution is 7.79. The normalized spacial score (nSPS) is 11.4. The zero-order valence-electron chi connectivity index (χ0n) is 10.4. The molecule has 0 aliphatic rings. The van der Waals surface area contributed by atoms with Gasteiger partial charge in [-0.2, -0.15) is 17.7 Å². The van der Waals surface area contributed by atoms with Crippen molar-refractivity contribution >= 4 is 12.6 Å². The molecule has 1 heterocycles. The van der Waals surface area contributed by atoms with Crippen LogP contribution in [0, 0.1) is 5.92 Å². The molecule has 0 unspecified atom stereocenters. The summed E-state index contributed by atoms with van der Waals surface area (Å²) in [5.41, 5.74) is 1.69.